The first-order valence-corrected chi connectivity index (χ1v) is 12.1. The van der Waals surface area contributed by atoms with E-state index in [1.54, 1.807) is 16.7 Å². The Morgan fingerprint density at radius 2 is 1.65 bits per heavy atom. The molecule has 1 atom stereocenters. The Morgan fingerprint density at radius 3 is 2.49 bits per heavy atom. The van der Waals surface area contributed by atoms with Crippen LogP contribution in [-0.2, 0) is 20.9 Å². The summed E-state index contributed by atoms with van der Waals surface area (Å²) < 4.78 is 6.70. The Hall–Kier alpha value is -4.56. The molecule has 8 nitrogen and oxygen atoms in total. The Bertz CT molecular complexity index is 1530. The van der Waals surface area contributed by atoms with Crippen LogP contribution < -0.4 is 10.2 Å². The molecule has 0 bridgehead atoms. The number of carbonyl (C=O) groups excluding carboxylic acids is 2. The second-order valence-corrected chi connectivity index (χ2v) is 8.59. The number of benzene rings is 4. The fourth-order valence-corrected chi connectivity index (χ4v) is 4.50. The van der Waals surface area contributed by atoms with Crippen LogP contribution in [0.4, 0.5) is 5.69 Å². The molecule has 0 aliphatic carbocycles. The number of ether oxygens (including phenoxy) is 1. The Morgan fingerprint density at radius 1 is 0.919 bits per heavy atom. The number of carbonyl (C=O) groups is 2. The molecule has 1 aromatic heterocycles. The van der Waals surface area contributed by atoms with E-state index in [1.165, 1.54) is 0 Å². The molecule has 0 fully saturated rings. The molecule has 5 aromatic rings. The van der Waals surface area contributed by atoms with Crippen LogP contribution in [0.5, 0.6) is 0 Å². The molecule has 0 aliphatic rings. The van der Waals surface area contributed by atoms with Gasteiger partial charge in [-0.15, -0.1) is 5.10 Å². The second-order valence-electron chi connectivity index (χ2n) is 8.59. The summed E-state index contributed by atoms with van der Waals surface area (Å²) in [5.41, 5.74) is 2.78. The summed E-state index contributed by atoms with van der Waals surface area (Å²) in [6.45, 7) is 0.600. The molecule has 5 rings (SSSR count). The van der Waals surface area contributed by atoms with Crippen molar-refractivity contribution in [3.63, 3.8) is 0 Å². The van der Waals surface area contributed by atoms with Gasteiger partial charge in [-0.25, -0.2) is 4.68 Å². The molecule has 186 valence electrons. The van der Waals surface area contributed by atoms with Crippen molar-refractivity contribution in [3.05, 3.63) is 103 Å². The van der Waals surface area contributed by atoms with Gasteiger partial charge >= 0.3 is 0 Å². The summed E-state index contributed by atoms with van der Waals surface area (Å²) in [4.78, 5) is 29.5. The molecule has 8 heteroatoms. The number of nitrogens with one attached hydrogen (secondary N) is 1. The number of para-hydroxylation sites is 1. The summed E-state index contributed by atoms with van der Waals surface area (Å²) in [5.74, 6) is -0.587. The van der Waals surface area contributed by atoms with E-state index in [9.17, 15) is 9.59 Å². The average Bonchev–Trinajstić information content (AvgIpc) is 3.34. The summed E-state index contributed by atoms with van der Waals surface area (Å²) in [5, 5.41) is 13.2. The minimum atomic E-state index is -0.911. The zero-order chi connectivity index (χ0) is 25.6. The van der Waals surface area contributed by atoms with Crippen molar-refractivity contribution in [2.24, 2.45) is 0 Å². The molecule has 0 saturated carbocycles. The molecule has 1 N–H and O–H groups in total. The van der Waals surface area contributed by atoms with Gasteiger partial charge in [0.15, 0.2) is 0 Å². The largest absolute Gasteiger partial charge is 0.383 e. The predicted molar refractivity (Wildman–Crippen MR) is 143 cm³/mol. The minimum Gasteiger partial charge on any atom is -0.383 e. The van der Waals surface area contributed by atoms with Crippen LogP contribution >= 0.6 is 0 Å². The number of amides is 2. The number of methoxy groups -OCH3 is 1. The highest BCUT2D eigenvalue weighted by atomic mass is 16.5. The zero-order valence-electron chi connectivity index (χ0n) is 20.4. The maximum Gasteiger partial charge on any atom is 0.249 e. The van der Waals surface area contributed by atoms with Gasteiger partial charge in [-0.2, -0.15) is 0 Å². The maximum absolute atomic E-state index is 14.2. The fraction of sp³-hybridized carbons (Fsp3) is 0.172. The predicted octanol–water partition coefficient (Wildman–Crippen LogP) is 4.12. The van der Waals surface area contributed by atoms with Gasteiger partial charge < -0.3 is 10.1 Å². The lowest BCUT2D eigenvalue weighted by Crippen LogP contribution is -2.46. The smallest absolute Gasteiger partial charge is 0.249 e. The van der Waals surface area contributed by atoms with E-state index < -0.39 is 6.04 Å². The number of aromatic nitrogens is 3. The molecule has 0 saturated heterocycles. The third kappa shape index (κ3) is 5.05. The minimum absolute atomic E-state index is 0.0849. The van der Waals surface area contributed by atoms with Gasteiger partial charge in [-0.1, -0.05) is 84.1 Å². The van der Waals surface area contributed by atoms with Crippen LogP contribution in [-0.4, -0.2) is 47.1 Å². The van der Waals surface area contributed by atoms with E-state index in [-0.39, 0.29) is 18.4 Å². The average molecular weight is 494 g/mol. The number of hydrogen-bond acceptors (Lipinski definition) is 5. The topological polar surface area (TPSA) is 89.4 Å². The van der Waals surface area contributed by atoms with E-state index in [0.717, 1.165) is 16.3 Å². The molecular weight excluding hydrogens is 466 g/mol. The molecule has 0 unspecified atom stereocenters. The first-order valence-electron chi connectivity index (χ1n) is 12.1. The molecule has 1 heterocycles. The van der Waals surface area contributed by atoms with Crippen molar-refractivity contribution in [3.8, 4) is 0 Å². The lowest BCUT2D eigenvalue weighted by molar-refractivity contribution is -0.127. The van der Waals surface area contributed by atoms with Gasteiger partial charge in [0.1, 0.15) is 18.1 Å². The number of nitrogens with zero attached hydrogens (tertiary/aromatic N) is 4. The van der Waals surface area contributed by atoms with Crippen molar-refractivity contribution in [1.82, 2.24) is 20.3 Å². The molecule has 0 aliphatic heterocycles. The highest BCUT2D eigenvalue weighted by Crippen LogP contribution is 2.34. The van der Waals surface area contributed by atoms with Gasteiger partial charge in [0.2, 0.25) is 11.8 Å². The van der Waals surface area contributed by atoms with E-state index >= 15 is 0 Å². The van der Waals surface area contributed by atoms with Gasteiger partial charge in [0, 0.05) is 19.0 Å². The monoisotopic (exact) mass is 493 g/mol. The first kappa shape index (κ1) is 24.1. The van der Waals surface area contributed by atoms with Crippen LogP contribution in [0.1, 0.15) is 11.6 Å². The molecular formula is C29H27N5O3. The van der Waals surface area contributed by atoms with Crippen LogP contribution in [0.25, 0.3) is 21.8 Å². The van der Waals surface area contributed by atoms with Crippen molar-refractivity contribution in [2.75, 3.05) is 25.2 Å². The van der Waals surface area contributed by atoms with Crippen molar-refractivity contribution >= 4 is 39.3 Å². The van der Waals surface area contributed by atoms with Crippen molar-refractivity contribution in [2.45, 2.75) is 12.6 Å². The highest BCUT2D eigenvalue weighted by molar-refractivity contribution is 6.08. The lowest BCUT2D eigenvalue weighted by Gasteiger charge is -2.32. The van der Waals surface area contributed by atoms with Gasteiger partial charge in [0.25, 0.3) is 0 Å². The van der Waals surface area contributed by atoms with Crippen LogP contribution in [0.3, 0.4) is 0 Å². The standard InChI is InChI=1S/C29H27N5O3/c1-37-19-18-30-29(36)28(22-11-3-2-4-12-22)34(25-17-9-13-21-10-5-6-14-23(21)25)27(35)20-33-26-16-8-7-15-24(26)31-32-33/h2-17,28H,18-20H2,1H3,(H,30,36)/t28-/m0/s1. The van der Waals surface area contributed by atoms with Crippen LogP contribution in [0.2, 0.25) is 0 Å². The maximum atomic E-state index is 14.2. The summed E-state index contributed by atoms with van der Waals surface area (Å²) in [6.07, 6.45) is 0. The fourth-order valence-electron chi connectivity index (χ4n) is 4.50. The number of fused-ring (bicyclic) bond motifs is 2. The Balaban J connectivity index is 1.64. The van der Waals surface area contributed by atoms with Gasteiger partial charge in [-0.3, -0.25) is 14.5 Å². The van der Waals surface area contributed by atoms with Crippen LogP contribution in [0, 0.1) is 0 Å². The van der Waals surface area contributed by atoms with Crippen molar-refractivity contribution in [1.29, 1.82) is 0 Å². The van der Waals surface area contributed by atoms with Gasteiger partial charge in [0.05, 0.1) is 17.8 Å². The molecule has 2 amide bonds. The van der Waals surface area contributed by atoms with E-state index in [1.807, 2.05) is 97.1 Å². The number of hydrogen-bond donors (Lipinski definition) is 1. The Labute approximate surface area is 214 Å². The quantitative estimate of drug-likeness (QED) is 0.312. The van der Waals surface area contributed by atoms with Gasteiger partial charge in [-0.05, 0) is 29.1 Å². The molecule has 0 radical (unpaired) electrons. The third-order valence-electron chi connectivity index (χ3n) is 6.23. The SMILES string of the molecule is COCCNC(=O)[C@H](c1ccccc1)N(C(=O)Cn1nnc2ccccc21)c1cccc2ccccc12. The van der Waals surface area contributed by atoms with Crippen LogP contribution in [0.15, 0.2) is 97.1 Å². The summed E-state index contributed by atoms with van der Waals surface area (Å²) in [6, 6.07) is 29.5. The van der Waals surface area contributed by atoms with E-state index in [2.05, 4.69) is 15.6 Å². The normalized spacial score (nSPS) is 11.9. The van der Waals surface area contributed by atoms with E-state index in [0.29, 0.717) is 29.9 Å². The molecule has 37 heavy (non-hydrogen) atoms. The number of rotatable bonds is 9. The highest BCUT2D eigenvalue weighted by Gasteiger charge is 2.34. The Kier molecular flexibility index (Phi) is 7.19. The number of anilines is 1. The lowest BCUT2D eigenvalue weighted by atomic mass is 10.0. The summed E-state index contributed by atoms with van der Waals surface area (Å²) in [7, 11) is 1.58. The zero-order valence-corrected chi connectivity index (χ0v) is 20.4. The van der Waals surface area contributed by atoms with Crippen molar-refractivity contribution < 1.29 is 14.3 Å². The van der Waals surface area contributed by atoms with E-state index in [4.69, 9.17) is 4.74 Å². The third-order valence-corrected chi connectivity index (χ3v) is 6.23. The second kappa shape index (κ2) is 11.0. The molecule has 0 spiro atoms. The first-order chi connectivity index (χ1) is 18.2. The summed E-state index contributed by atoms with van der Waals surface area (Å²) >= 11 is 0. The molecule has 4 aromatic carbocycles.